The highest BCUT2D eigenvalue weighted by atomic mass is 32.1. The van der Waals surface area contributed by atoms with Crippen molar-refractivity contribution in [2.24, 2.45) is 0 Å². The van der Waals surface area contributed by atoms with E-state index in [0.717, 1.165) is 60.9 Å². The Hall–Kier alpha value is -6.88. The molecule has 0 atom stereocenters. The van der Waals surface area contributed by atoms with Crippen LogP contribution in [-0.4, -0.2) is 0 Å². The third-order valence-electron chi connectivity index (χ3n) is 11.0. The average molecular weight is 708 g/mol. The Morgan fingerprint density at radius 1 is 0.389 bits per heavy atom. The number of para-hydroxylation sites is 1. The van der Waals surface area contributed by atoms with Gasteiger partial charge in [0.2, 0.25) is 0 Å². The molecule has 12 aromatic rings. The minimum atomic E-state index is 0.808. The van der Waals surface area contributed by atoms with Crippen LogP contribution in [-0.2, 0) is 0 Å². The Balaban J connectivity index is 1.11. The van der Waals surface area contributed by atoms with Crippen molar-refractivity contribution in [1.82, 2.24) is 0 Å². The number of fused-ring (bicyclic) bond motifs is 13. The maximum Gasteiger partial charge on any atom is 0.147 e. The molecule has 3 aromatic heterocycles. The predicted molar refractivity (Wildman–Crippen MR) is 229 cm³/mol. The zero-order chi connectivity index (χ0) is 35.3. The molecule has 0 aliphatic heterocycles. The Morgan fingerprint density at radius 2 is 1.06 bits per heavy atom. The molecule has 0 saturated carbocycles. The van der Waals surface area contributed by atoms with Crippen molar-refractivity contribution in [2.45, 2.75) is 0 Å². The highest BCUT2D eigenvalue weighted by molar-refractivity contribution is 7.25. The lowest BCUT2D eigenvalue weighted by Gasteiger charge is -2.26. The van der Waals surface area contributed by atoms with Crippen molar-refractivity contribution in [3.8, 4) is 11.1 Å². The summed E-state index contributed by atoms with van der Waals surface area (Å²) in [5.74, 6) is 0. The first-order valence-corrected chi connectivity index (χ1v) is 19.1. The first kappa shape index (κ1) is 29.7. The molecule has 0 spiro atoms. The monoisotopic (exact) mass is 707 g/mol. The Labute approximate surface area is 313 Å². The molecule has 0 aliphatic rings. The fraction of sp³-hybridized carbons (Fsp3) is 0. The van der Waals surface area contributed by atoms with Crippen molar-refractivity contribution < 1.29 is 8.83 Å². The summed E-state index contributed by atoms with van der Waals surface area (Å²) in [5.41, 5.74) is 8.92. The molecule has 3 heterocycles. The number of furan rings is 2. The predicted octanol–water partition coefficient (Wildman–Crippen LogP) is 15.3. The third-order valence-corrected chi connectivity index (χ3v) is 12.2. The van der Waals surface area contributed by atoms with Crippen molar-refractivity contribution in [1.29, 1.82) is 0 Å². The molecule has 0 fully saturated rings. The van der Waals surface area contributed by atoms with Gasteiger partial charge in [0.05, 0.1) is 16.5 Å². The van der Waals surface area contributed by atoms with Gasteiger partial charge in [-0.2, -0.15) is 0 Å². The molecule has 54 heavy (non-hydrogen) atoms. The highest BCUT2D eigenvalue weighted by Crippen LogP contribution is 2.48. The summed E-state index contributed by atoms with van der Waals surface area (Å²) in [6.07, 6.45) is 0. The van der Waals surface area contributed by atoms with E-state index in [1.807, 2.05) is 23.5 Å². The Morgan fingerprint density at radius 3 is 1.94 bits per heavy atom. The van der Waals surface area contributed by atoms with Gasteiger partial charge < -0.3 is 13.7 Å². The van der Waals surface area contributed by atoms with Gasteiger partial charge in [-0.25, -0.2) is 0 Å². The van der Waals surface area contributed by atoms with Crippen LogP contribution in [0.25, 0.3) is 96.7 Å². The van der Waals surface area contributed by atoms with Gasteiger partial charge >= 0.3 is 0 Å². The van der Waals surface area contributed by atoms with Crippen LogP contribution in [0, 0.1) is 0 Å². The van der Waals surface area contributed by atoms with Crippen molar-refractivity contribution in [3.63, 3.8) is 0 Å². The van der Waals surface area contributed by atoms with E-state index in [-0.39, 0.29) is 0 Å². The summed E-state index contributed by atoms with van der Waals surface area (Å²) in [4.78, 5) is 2.38. The number of nitrogens with zero attached hydrogens (tertiary/aromatic N) is 1. The van der Waals surface area contributed by atoms with E-state index in [1.54, 1.807) is 0 Å². The first-order chi connectivity index (χ1) is 26.8. The van der Waals surface area contributed by atoms with Gasteiger partial charge in [0, 0.05) is 42.3 Å². The molecule has 9 aromatic carbocycles. The third kappa shape index (κ3) is 4.29. The molecule has 4 heteroatoms. The topological polar surface area (TPSA) is 29.5 Å². The highest BCUT2D eigenvalue weighted by Gasteiger charge is 2.23. The van der Waals surface area contributed by atoms with Crippen LogP contribution in [0.5, 0.6) is 0 Å². The second-order valence-corrected chi connectivity index (χ2v) is 15.1. The van der Waals surface area contributed by atoms with Crippen LogP contribution in [0.15, 0.2) is 185 Å². The molecule has 0 unspecified atom stereocenters. The smallest absolute Gasteiger partial charge is 0.147 e. The minimum Gasteiger partial charge on any atom is -0.456 e. The molecule has 0 radical (unpaired) electrons. The molecule has 12 rings (SSSR count). The van der Waals surface area contributed by atoms with Crippen LogP contribution in [0.4, 0.5) is 17.1 Å². The van der Waals surface area contributed by atoms with E-state index in [1.165, 1.54) is 52.8 Å². The minimum absolute atomic E-state index is 0.808. The Kier molecular flexibility index (Phi) is 6.21. The molecular formula is C50H29NO2S. The SMILES string of the molecule is c1ccc2c(c1)cc(-c1ccc(N(c3ccc4c(c3)sc3ccccc34)c3cccc4oc5ccc6c7ccccc7oc6c5c34)cc1)c1ccccc12. The van der Waals surface area contributed by atoms with Crippen LogP contribution < -0.4 is 4.90 Å². The number of rotatable bonds is 4. The molecule has 0 bridgehead atoms. The molecule has 0 aliphatic carbocycles. The second-order valence-electron chi connectivity index (χ2n) is 14.0. The van der Waals surface area contributed by atoms with E-state index in [4.69, 9.17) is 8.83 Å². The number of thiophene rings is 1. The maximum absolute atomic E-state index is 6.62. The molecule has 0 amide bonds. The first-order valence-electron chi connectivity index (χ1n) is 18.2. The van der Waals surface area contributed by atoms with E-state index >= 15 is 0 Å². The maximum atomic E-state index is 6.62. The molecule has 252 valence electrons. The second kappa shape index (κ2) is 11.3. The summed E-state index contributed by atoms with van der Waals surface area (Å²) >= 11 is 1.84. The number of hydrogen-bond donors (Lipinski definition) is 0. The van der Waals surface area contributed by atoms with Crippen molar-refractivity contribution in [2.75, 3.05) is 4.90 Å². The van der Waals surface area contributed by atoms with Gasteiger partial charge in [-0.05, 0) is 99.4 Å². The van der Waals surface area contributed by atoms with E-state index in [9.17, 15) is 0 Å². The van der Waals surface area contributed by atoms with Crippen LogP contribution >= 0.6 is 11.3 Å². The molecule has 3 nitrogen and oxygen atoms in total. The Bertz CT molecular complexity index is 3460. The van der Waals surface area contributed by atoms with E-state index in [2.05, 4.69) is 169 Å². The average Bonchev–Trinajstić information content (AvgIpc) is 3.92. The van der Waals surface area contributed by atoms with E-state index < -0.39 is 0 Å². The molecular weight excluding hydrogens is 679 g/mol. The zero-order valence-corrected chi connectivity index (χ0v) is 29.7. The van der Waals surface area contributed by atoms with Gasteiger partial charge in [0.1, 0.15) is 22.3 Å². The standard InChI is InChI=1S/C50H29NO2S/c1-2-11-34-31(10-1)28-41(36-13-4-3-12-35(34)36)30-20-22-32(23-21-30)51(33-24-25-39-38-15-6-8-19-46(38)54-47(39)29-33)42-16-9-18-44-48(42)49-45(52-44)27-26-40-37-14-5-7-17-43(37)53-50(40)49/h1-29H. The quantitative estimate of drug-likeness (QED) is 0.171. The normalized spacial score (nSPS) is 12.1. The lowest BCUT2D eigenvalue weighted by atomic mass is 9.93. The summed E-state index contributed by atoms with van der Waals surface area (Å²) in [6.45, 7) is 0. The van der Waals surface area contributed by atoms with Crippen molar-refractivity contribution in [3.05, 3.63) is 176 Å². The van der Waals surface area contributed by atoms with Gasteiger partial charge in [-0.1, -0.05) is 109 Å². The fourth-order valence-corrected chi connectivity index (χ4v) is 9.76. The molecule has 0 N–H and O–H groups in total. The van der Waals surface area contributed by atoms with E-state index in [0.29, 0.717) is 0 Å². The number of anilines is 3. The summed E-state index contributed by atoms with van der Waals surface area (Å²) in [7, 11) is 0. The van der Waals surface area contributed by atoms with Gasteiger partial charge in [0.15, 0.2) is 0 Å². The lowest BCUT2D eigenvalue weighted by molar-refractivity contribution is 0.663. The van der Waals surface area contributed by atoms with Gasteiger partial charge in [-0.3, -0.25) is 0 Å². The largest absolute Gasteiger partial charge is 0.456 e. The fourth-order valence-electron chi connectivity index (χ4n) is 8.62. The number of benzene rings is 9. The van der Waals surface area contributed by atoms with Crippen LogP contribution in [0.1, 0.15) is 0 Å². The van der Waals surface area contributed by atoms with Crippen LogP contribution in [0.2, 0.25) is 0 Å². The van der Waals surface area contributed by atoms with Crippen LogP contribution in [0.3, 0.4) is 0 Å². The summed E-state index contributed by atoms with van der Waals surface area (Å²) in [6, 6.07) is 63.1. The lowest BCUT2D eigenvalue weighted by Crippen LogP contribution is -2.10. The van der Waals surface area contributed by atoms with Gasteiger partial charge in [-0.15, -0.1) is 11.3 Å². The zero-order valence-electron chi connectivity index (χ0n) is 28.9. The summed E-state index contributed by atoms with van der Waals surface area (Å²) < 4.78 is 15.8. The number of hydrogen-bond acceptors (Lipinski definition) is 4. The van der Waals surface area contributed by atoms with Gasteiger partial charge in [0.25, 0.3) is 0 Å². The molecule has 0 saturated heterocycles. The summed E-state index contributed by atoms with van der Waals surface area (Å²) in [5, 5.41) is 11.8. The van der Waals surface area contributed by atoms with Crippen molar-refractivity contribution >= 4 is 114 Å².